The van der Waals surface area contributed by atoms with Gasteiger partial charge in [-0.3, -0.25) is 4.79 Å². The summed E-state index contributed by atoms with van der Waals surface area (Å²) in [5, 5.41) is 20.5. The average Bonchev–Trinajstić information content (AvgIpc) is 3.38. The molecule has 4 aromatic rings. The summed E-state index contributed by atoms with van der Waals surface area (Å²) in [7, 11) is 0. The maximum Gasteiger partial charge on any atom is 0.229 e. The SMILES string of the molecule is O=C(Cc1cccs1)Nc1ccc(Nc2ccc(-n3cccn3)nn2)cc1. The molecular formula is C19H16N6OS. The minimum Gasteiger partial charge on any atom is -0.339 e. The fourth-order valence-corrected chi connectivity index (χ4v) is 3.18. The summed E-state index contributed by atoms with van der Waals surface area (Å²) in [4.78, 5) is 13.1. The van der Waals surface area contributed by atoms with Crippen LogP contribution in [0.25, 0.3) is 5.82 Å². The molecule has 0 radical (unpaired) electrons. The molecule has 0 aliphatic heterocycles. The molecule has 1 amide bonds. The van der Waals surface area contributed by atoms with Gasteiger partial charge in [0.15, 0.2) is 11.6 Å². The summed E-state index contributed by atoms with van der Waals surface area (Å²) in [5.74, 6) is 1.24. The van der Waals surface area contributed by atoms with Crippen LogP contribution in [0.1, 0.15) is 4.88 Å². The van der Waals surface area contributed by atoms with E-state index in [9.17, 15) is 4.79 Å². The molecule has 3 heterocycles. The zero-order chi connectivity index (χ0) is 18.5. The summed E-state index contributed by atoms with van der Waals surface area (Å²) in [6.07, 6.45) is 3.88. The molecule has 0 aliphatic carbocycles. The minimum absolute atomic E-state index is 0.0294. The molecule has 0 aliphatic rings. The van der Waals surface area contributed by atoms with Gasteiger partial charge in [-0.2, -0.15) is 5.10 Å². The van der Waals surface area contributed by atoms with E-state index in [-0.39, 0.29) is 5.91 Å². The van der Waals surface area contributed by atoms with Crippen LogP contribution in [0.5, 0.6) is 0 Å². The average molecular weight is 376 g/mol. The fraction of sp³-hybridized carbons (Fsp3) is 0.0526. The molecule has 8 heteroatoms. The van der Waals surface area contributed by atoms with Gasteiger partial charge < -0.3 is 10.6 Å². The fourth-order valence-electron chi connectivity index (χ4n) is 2.48. The second-order valence-corrected chi connectivity index (χ2v) is 6.77. The second kappa shape index (κ2) is 7.79. The van der Waals surface area contributed by atoms with Gasteiger partial charge in [0, 0.05) is 28.6 Å². The summed E-state index contributed by atoms with van der Waals surface area (Å²) < 4.78 is 1.64. The molecule has 3 aromatic heterocycles. The van der Waals surface area contributed by atoms with E-state index in [1.54, 1.807) is 22.2 Å². The van der Waals surface area contributed by atoms with E-state index in [0.29, 0.717) is 18.1 Å². The molecule has 134 valence electrons. The number of hydrogen-bond acceptors (Lipinski definition) is 6. The third-order valence-corrected chi connectivity index (χ3v) is 4.62. The quantitative estimate of drug-likeness (QED) is 0.537. The highest BCUT2D eigenvalue weighted by atomic mass is 32.1. The van der Waals surface area contributed by atoms with Crippen LogP contribution in [-0.4, -0.2) is 25.9 Å². The minimum atomic E-state index is -0.0294. The van der Waals surface area contributed by atoms with Gasteiger partial charge in [0.25, 0.3) is 0 Å². The first-order valence-electron chi connectivity index (χ1n) is 8.29. The van der Waals surface area contributed by atoms with E-state index < -0.39 is 0 Å². The Labute approximate surface area is 159 Å². The number of rotatable bonds is 6. The summed E-state index contributed by atoms with van der Waals surface area (Å²) in [6.45, 7) is 0. The van der Waals surface area contributed by atoms with Crippen molar-refractivity contribution >= 4 is 34.4 Å². The van der Waals surface area contributed by atoms with E-state index in [1.807, 2.05) is 66.2 Å². The van der Waals surface area contributed by atoms with Gasteiger partial charge in [0.1, 0.15) is 0 Å². The number of carbonyl (C=O) groups is 1. The van der Waals surface area contributed by atoms with Gasteiger partial charge in [-0.25, -0.2) is 4.68 Å². The van der Waals surface area contributed by atoms with Crippen LogP contribution in [0.4, 0.5) is 17.2 Å². The van der Waals surface area contributed by atoms with Crippen molar-refractivity contribution in [3.8, 4) is 5.82 Å². The van der Waals surface area contributed by atoms with E-state index in [4.69, 9.17) is 0 Å². The Hall–Kier alpha value is -3.52. The third-order valence-electron chi connectivity index (χ3n) is 3.75. The monoisotopic (exact) mass is 376 g/mol. The lowest BCUT2D eigenvalue weighted by Crippen LogP contribution is -2.13. The molecule has 0 spiro atoms. The smallest absolute Gasteiger partial charge is 0.229 e. The molecule has 1 aromatic carbocycles. The lowest BCUT2D eigenvalue weighted by Gasteiger charge is -2.08. The van der Waals surface area contributed by atoms with E-state index >= 15 is 0 Å². The predicted molar refractivity (Wildman–Crippen MR) is 106 cm³/mol. The van der Waals surface area contributed by atoms with Crippen LogP contribution in [0, 0.1) is 0 Å². The van der Waals surface area contributed by atoms with Gasteiger partial charge in [0.2, 0.25) is 5.91 Å². The number of carbonyl (C=O) groups excluding carboxylic acids is 1. The van der Waals surface area contributed by atoms with Gasteiger partial charge >= 0.3 is 0 Å². The molecule has 0 fully saturated rings. The lowest BCUT2D eigenvalue weighted by atomic mass is 10.2. The van der Waals surface area contributed by atoms with E-state index in [1.165, 1.54) is 0 Å². The first-order valence-corrected chi connectivity index (χ1v) is 9.17. The van der Waals surface area contributed by atoms with Crippen LogP contribution in [-0.2, 0) is 11.2 Å². The van der Waals surface area contributed by atoms with Crippen molar-refractivity contribution in [1.82, 2.24) is 20.0 Å². The number of aromatic nitrogens is 4. The largest absolute Gasteiger partial charge is 0.339 e. The zero-order valence-corrected chi connectivity index (χ0v) is 15.1. The summed E-state index contributed by atoms with van der Waals surface area (Å²) >= 11 is 1.58. The van der Waals surface area contributed by atoms with Gasteiger partial charge in [-0.15, -0.1) is 21.5 Å². The van der Waals surface area contributed by atoms with Crippen molar-refractivity contribution in [2.45, 2.75) is 6.42 Å². The number of nitrogens with one attached hydrogen (secondary N) is 2. The van der Waals surface area contributed by atoms with E-state index in [2.05, 4.69) is 25.9 Å². The third kappa shape index (κ3) is 4.36. The predicted octanol–water partition coefficient (Wildman–Crippen LogP) is 3.65. The highest BCUT2D eigenvalue weighted by molar-refractivity contribution is 7.10. The molecular weight excluding hydrogens is 360 g/mol. The van der Waals surface area contributed by atoms with Crippen LogP contribution < -0.4 is 10.6 Å². The number of benzene rings is 1. The highest BCUT2D eigenvalue weighted by Crippen LogP contribution is 2.18. The van der Waals surface area contributed by atoms with Gasteiger partial charge in [0.05, 0.1) is 6.42 Å². The Balaban J connectivity index is 1.35. The van der Waals surface area contributed by atoms with Crippen molar-refractivity contribution in [2.75, 3.05) is 10.6 Å². The molecule has 0 saturated carbocycles. The van der Waals surface area contributed by atoms with Gasteiger partial charge in [-0.05, 0) is 53.9 Å². The van der Waals surface area contributed by atoms with Crippen LogP contribution in [0.3, 0.4) is 0 Å². The standard InChI is InChI=1S/C19H16N6OS/c26-19(13-16-3-1-12-27-16)22-15-6-4-14(5-7-15)21-17-8-9-18(24-23-17)25-11-2-10-20-25/h1-12H,13H2,(H,21,23)(H,22,26). The molecule has 4 rings (SSSR count). The number of thiophene rings is 1. The Bertz CT molecular complexity index is 996. The highest BCUT2D eigenvalue weighted by Gasteiger charge is 2.05. The molecule has 0 saturated heterocycles. The normalized spacial score (nSPS) is 10.5. The van der Waals surface area contributed by atoms with Crippen molar-refractivity contribution < 1.29 is 4.79 Å². The number of hydrogen-bond donors (Lipinski definition) is 2. The molecule has 0 unspecified atom stereocenters. The van der Waals surface area contributed by atoms with Gasteiger partial charge in [-0.1, -0.05) is 6.07 Å². The Morgan fingerprint density at radius 3 is 2.52 bits per heavy atom. The summed E-state index contributed by atoms with van der Waals surface area (Å²) in [5.41, 5.74) is 1.61. The van der Waals surface area contributed by atoms with Crippen molar-refractivity contribution in [3.05, 3.63) is 77.2 Å². The lowest BCUT2D eigenvalue weighted by molar-refractivity contribution is -0.115. The Morgan fingerprint density at radius 1 is 1.00 bits per heavy atom. The van der Waals surface area contributed by atoms with Crippen LogP contribution in [0.2, 0.25) is 0 Å². The van der Waals surface area contributed by atoms with Crippen LogP contribution in [0.15, 0.2) is 72.4 Å². The number of nitrogens with zero attached hydrogens (tertiary/aromatic N) is 4. The van der Waals surface area contributed by atoms with Crippen LogP contribution >= 0.6 is 11.3 Å². The maximum atomic E-state index is 12.0. The first kappa shape index (κ1) is 16.9. The molecule has 2 N–H and O–H groups in total. The zero-order valence-electron chi connectivity index (χ0n) is 14.2. The van der Waals surface area contributed by atoms with Crippen molar-refractivity contribution in [1.29, 1.82) is 0 Å². The Kier molecular flexibility index (Phi) is 4.88. The topological polar surface area (TPSA) is 84.7 Å². The number of amides is 1. The molecule has 0 bridgehead atoms. The molecule has 27 heavy (non-hydrogen) atoms. The molecule has 7 nitrogen and oxygen atoms in total. The van der Waals surface area contributed by atoms with Crippen molar-refractivity contribution in [3.63, 3.8) is 0 Å². The van der Waals surface area contributed by atoms with Crippen molar-refractivity contribution in [2.24, 2.45) is 0 Å². The maximum absolute atomic E-state index is 12.0. The molecule has 0 atom stereocenters. The first-order chi connectivity index (χ1) is 13.3. The summed E-state index contributed by atoms with van der Waals surface area (Å²) in [6, 6.07) is 16.8. The number of anilines is 3. The second-order valence-electron chi connectivity index (χ2n) is 5.73. The Morgan fingerprint density at radius 2 is 1.85 bits per heavy atom. The van der Waals surface area contributed by atoms with E-state index in [0.717, 1.165) is 16.3 Å².